The summed E-state index contributed by atoms with van der Waals surface area (Å²) in [6.07, 6.45) is 2.04. The van der Waals surface area contributed by atoms with Crippen LogP contribution in [0.2, 0.25) is 5.02 Å². The minimum atomic E-state index is -0.522. The number of nitro groups is 1. The first kappa shape index (κ1) is 19.8. The fourth-order valence-corrected chi connectivity index (χ4v) is 4.29. The van der Waals surface area contributed by atoms with Crippen LogP contribution < -0.4 is 4.80 Å². The molecule has 2 heterocycles. The number of aromatic nitrogens is 1. The van der Waals surface area contributed by atoms with Crippen LogP contribution in [0.3, 0.4) is 0 Å². The number of hydrogen-bond acceptors (Lipinski definition) is 5. The summed E-state index contributed by atoms with van der Waals surface area (Å²) in [5.74, 6) is -0.522. The zero-order valence-corrected chi connectivity index (χ0v) is 16.8. The number of halogens is 2. The van der Waals surface area contributed by atoms with E-state index in [1.165, 1.54) is 35.6 Å². The molecule has 0 radical (unpaired) electrons. The summed E-state index contributed by atoms with van der Waals surface area (Å²) in [6.45, 7) is 1.34. The zero-order valence-electron chi connectivity index (χ0n) is 15.3. The van der Waals surface area contributed by atoms with Crippen LogP contribution in [0.25, 0.3) is 11.3 Å². The van der Waals surface area contributed by atoms with Crippen molar-refractivity contribution in [2.24, 2.45) is 4.99 Å². The van der Waals surface area contributed by atoms with Crippen LogP contribution in [0.1, 0.15) is 12.8 Å². The van der Waals surface area contributed by atoms with E-state index in [0.29, 0.717) is 17.0 Å². The van der Waals surface area contributed by atoms with Crippen molar-refractivity contribution >= 4 is 34.3 Å². The fraction of sp³-hybridized carbons (Fsp3) is 0.250. The number of nitrogens with zero attached hydrogens (tertiary/aromatic N) is 3. The third-order valence-corrected chi connectivity index (χ3v) is 5.88. The number of benzene rings is 2. The van der Waals surface area contributed by atoms with Gasteiger partial charge in [-0.3, -0.25) is 10.1 Å². The molecule has 0 amide bonds. The molecule has 1 unspecified atom stereocenters. The SMILES string of the molecule is O=[N+]([O-])c1ccc(-c2csc(=Nc3ccc(Cl)c(F)c3)n2CC2CCCO2)cc1. The molecule has 4 rings (SSSR count). The van der Waals surface area contributed by atoms with E-state index in [1.54, 1.807) is 18.2 Å². The van der Waals surface area contributed by atoms with Gasteiger partial charge in [-0.25, -0.2) is 9.38 Å². The van der Waals surface area contributed by atoms with Gasteiger partial charge < -0.3 is 9.30 Å². The topological polar surface area (TPSA) is 69.7 Å². The molecule has 1 saturated heterocycles. The van der Waals surface area contributed by atoms with Crippen LogP contribution in [0, 0.1) is 15.9 Å². The minimum Gasteiger partial charge on any atom is -0.376 e. The Kier molecular flexibility index (Phi) is 5.75. The normalized spacial score (nSPS) is 17.0. The van der Waals surface area contributed by atoms with Gasteiger partial charge in [0.1, 0.15) is 5.82 Å². The molecule has 9 heteroatoms. The largest absolute Gasteiger partial charge is 0.376 e. The first-order valence-corrected chi connectivity index (χ1v) is 10.3. The number of thiazole rings is 1. The smallest absolute Gasteiger partial charge is 0.269 e. The van der Waals surface area contributed by atoms with Gasteiger partial charge in [0.25, 0.3) is 5.69 Å². The lowest BCUT2D eigenvalue weighted by molar-refractivity contribution is -0.384. The molecule has 0 N–H and O–H groups in total. The lowest BCUT2D eigenvalue weighted by Gasteiger charge is -2.14. The van der Waals surface area contributed by atoms with E-state index < -0.39 is 10.7 Å². The molecule has 1 fully saturated rings. The number of non-ortho nitro benzene ring substituents is 1. The van der Waals surface area contributed by atoms with Gasteiger partial charge >= 0.3 is 0 Å². The molecule has 0 bridgehead atoms. The molecular weight excluding hydrogens is 417 g/mol. The average molecular weight is 434 g/mol. The van der Waals surface area contributed by atoms with Gasteiger partial charge in [0.05, 0.1) is 34.0 Å². The highest BCUT2D eigenvalue weighted by molar-refractivity contribution is 7.07. The summed E-state index contributed by atoms with van der Waals surface area (Å²) >= 11 is 7.18. The zero-order chi connectivity index (χ0) is 20.4. The van der Waals surface area contributed by atoms with Crippen LogP contribution in [0.15, 0.2) is 52.8 Å². The number of hydrogen-bond donors (Lipinski definition) is 0. The van der Waals surface area contributed by atoms with E-state index in [-0.39, 0.29) is 16.8 Å². The lowest BCUT2D eigenvalue weighted by Crippen LogP contribution is -2.24. The van der Waals surface area contributed by atoms with Gasteiger partial charge in [0.15, 0.2) is 4.80 Å². The standard InChI is InChI=1S/C20H17ClFN3O3S/c21-17-8-5-14(10-18(17)22)23-20-24(11-16-2-1-9-28-16)19(12-29-20)13-3-6-15(7-4-13)25(26)27/h3-8,10,12,16H,1-2,9,11H2. The van der Waals surface area contributed by atoms with Gasteiger partial charge in [0.2, 0.25) is 0 Å². The second-order valence-corrected chi connectivity index (χ2v) is 7.91. The summed E-state index contributed by atoms with van der Waals surface area (Å²) < 4.78 is 21.6. The second-order valence-electron chi connectivity index (χ2n) is 6.66. The van der Waals surface area contributed by atoms with Crippen molar-refractivity contribution in [2.75, 3.05) is 6.61 Å². The van der Waals surface area contributed by atoms with E-state index in [0.717, 1.165) is 30.7 Å². The monoisotopic (exact) mass is 433 g/mol. The highest BCUT2D eigenvalue weighted by atomic mass is 35.5. The van der Waals surface area contributed by atoms with E-state index >= 15 is 0 Å². The predicted octanol–water partition coefficient (Wildman–Crippen LogP) is 5.33. The van der Waals surface area contributed by atoms with Gasteiger partial charge in [-0.2, -0.15) is 0 Å². The van der Waals surface area contributed by atoms with E-state index in [9.17, 15) is 14.5 Å². The molecule has 0 saturated carbocycles. The maximum absolute atomic E-state index is 13.8. The maximum Gasteiger partial charge on any atom is 0.269 e. The van der Waals surface area contributed by atoms with Gasteiger partial charge in [-0.15, -0.1) is 11.3 Å². The molecule has 6 nitrogen and oxygen atoms in total. The number of ether oxygens (including phenoxy) is 1. The van der Waals surface area contributed by atoms with E-state index in [1.807, 2.05) is 9.95 Å². The minimum absolute atomic E-state index is 0.0382. The maximum atomic E-state index is 13.8. The van der Waals surface area contributed by atoms with Crippen LogP contribution in [-0.2, 0) is 11.3 Å². The predicted molar refractivity (Wildman–Crippen MR) is 110 cm³/mol. The molecule has 1 aromatic heterocycles. The van der Waals surface area contributed by atoms with Gasteiger partial charge in [-0.1, -0.05) is 11.6 Å². The molecule has 1 atom stereocenters. The van der Waals surface area contributed by atoms with E-state index in [2.05, 4.69) is 4.99 Å². The summed E-state index contributed by atoms with van der Waals surface area (Å²) in [6, 6.07) is 10.8. The third-order valence-electron chi connectivity index (χ3n) is 4.71. The first-order valence-electron chi connectivity index (χ1n) is 9.06. The Morgan fingerprint density at radius 1 is 1.31 bits per heavy atom. The van der Waals surface area contributed by atoms with Crippen LogP contribution in [0.4, 0.5) is 15.8 Å². The van der Waals surface area contributed by atoms with Crippen LogP contribution >= 0.6 is 22.9 Å². The Morgan fingerprint density at radius 2 is 2.10 bits per heavy atom. The van der Waals surface area contributed by atoms with Gasteiger partial charge in [-0.05, 0) is 42.7 Å². The molecule has 2 aromatic carbocycles. The van der Waals surface area contributed by atoms with Crippen molar-refractivity contribution in [3.63, 3.8) is 0 Å². The molecule has 3 aromatic rings. The molecule has 150 valence electrons. The summed E-state index contributed by atoms with van der Waals surface area (Å²) in [4.78, 5) is 15.8. The third kappa shape index (κ3) is 4.39. The van der Waals surface area contributed by atoms with Crippen molar-refractivity contribution in [1.29, 1.82) is 0 Å². The Morgan fingerprint density at radius 3 is 2.76 bits per heavy atom. The Hall–Kier alpha value is -2.55. The Labute approximate surface area is 175 Å². The first-order chi connectivity index (χ1) is 14.0. The van der Waals surface area contributed by atoms with Crippen molar-refractivity contribution in [2.45, 2.75) is 25.5 Å². The summed E-state index contributed by atoms with van der Waals surface area (Å²) in [5, 5.41) is 12.9. The summed E-state index contributed by atoms with van der Waals surface area (Å²) in [5.41, 5.74) is 2.23. The average Bonchev–Trinajstić information content (AvgIpc) is 3.36. The van der Waals surface area contributed by atoms with E-state index in [4.69, 9.17) is 16.3 Å². The van der Waals surface area contributed by atoms with Gasteiger partial charge in [0, 0.05) is 30.2 Å². The van der Waals surface area contributed by atoms with Crippen LogP contribution in [0.5, 0.6) is 0 Å². The second kappa shape index (κ2) is 8.44. The van der Waals surface area contributed by atoms with Crippen molar-refractivity contribution in [3.8, 4) is 11.3 Å². The molecule has 1 aliphatic heterocycles. The fourth-order valence-electron chi connectivity index (χ4n) is 3.24. The lowest BCUT2D eigenvalue weighted by atomic mass is 10.1. The number of nitro benzene ring substituents is 1. The molecular formula is C20H17ClFN3O3S. The number of rotatable bonds is 5. The van der Waals surface area contributed by atoms with Crippen molar-refractivity contribution in [3.05, 3.63) is 73.6 Å². The van der Waals surface area contributed by atoms with Crippen molar-refractivity contribution < 1.29 is 14.1 Å². The highest BCUT2D eigenvalue weighted by Gasteiger charge is 2.19. The van der Waals surface area contributed by atoms with Crippen LogP contribution in [-0.4, -0.2) is 22.2 Å². The molecule has 0 spiro atoms. The Balaban J connectivity index is 1.77. The Bertz CT molecular complexity index is 1100. The summed E-state index contributed by atoms with van der Waals surface area (Å²) in [7, 11) is 0. The quantitative estimate of drug-likeness (QED) is 0.403. The molecule has 0 aliphatic carbocycles. The highest BCUT2D eigenvalue weighted by Crippen LogP contribution is 2.26. The molecule has 29 heavy (non-hydrogen) atoms. The van der Waals surface area contributed by atoms with Crippen molar-refractivity contribution in [1.82, 2.24) is 4.57 Å². The molecule has 1 aliphatic rings.